The summed E-state index contributed by atoms with van der Waals surface area (Å²) in [6.45, 7) is 0.642. The van der Waals surface area contributed by atoms with Crippen LogP contribution in [0.1, 0.15) is 39.2 Å². The van der Waals surface area contributed by atoms with E-state index in [1.54, 1.807) is 49.0 Å². The molecule has 0 unspecified atom stereocenters. The number of pyridine rings is 1. The number of nitrogens with one attached hydrogen (secondary N) is 2. The highest BCUT2D eigenvalue weighted by atomic mass is 35.5. The number of anilines is 2. The highest BCUT2D eigenvalue weighted by molar-refractivity contribution is 7.16. The molecule has 1 aliphatic rings. The SMILES string of the molecule is COc1ccc(Cl)cc1NC(=O)c1c(NCc2ccncc2)sc2c1CCCC2. The van der Waals surface area contributed by atoms with E-state index < -0.39 is 0 Å². The Balaban J connectivity index is 1.63. The molecule has 0 bridgehead atoms. The van der Waals surface area contributed by atoms with Crippen LogP contribution in [0.3, 0.4) is 0 Å². The Bertz CT molecular complexity index is 1020. The fraction of sp³-hybridized carbons (Fsp3) is 0.273. The zero-order chi connectivity index (χ0) is 20.2. The molecule has 0 atom stereocenters. The third kappa shape index (κ3) is 4.38. The maximum absolute atomic E-state index is 13.3. The molecule has 0 fully saturated rings. The van der Waals surface area contributed by atoms with Crippen molar-refractivity contribution in [1.82, 2.24) is 4.98 Å². The fourth-order valence-electron chi connectivity index (χ4n) is 3.58. The van der Waals surface area contributed by atoms with Crippen LogP contribution < -0.4 is 15.4 Å². The van der Waals surface area contributed by atoms with Crippen LogP contribution in [-0.2, 0) is 19.4 Å². The summed E-state index contributed by atoms with van der Waals surface area (Å²) in [7, 11) is 1.58. The minimum Gasteiger partial charge on any atom is -0.495 e. The number of carbonyl (C=O) groups is 1. The number of thiophene rings is 1. The lowest BCUT2D eigenvalue weighted by molar-refractivity contribution is 0.102. The molecule has 1 aromatic carbocycles. The number of aromatic nitrogens is 1. The molecule has 0 spiro atoms. The number of hydrogen-bond acceptors (Lipinski definition) is 5. The van der Waals surface area contributed by atoms with Crippen LogP contribution in [0.15, 0.2) is 42.7 Å². The van der Waals surface area contributed by atoms with Crippen molar-refractivity contribution in [2.24, 2.45) is 0 Å². The predicted octanol–water partition coefficient (Wildman–Crippen LogP) is 5.55. The largest absolute Gasteiger partial charge is 0.495 e. The zero-order valence-electron chi connectivity index (χ0n) is 16.1. The lowest BCUT2D eigenvalue weighted by Crippen LogP contribution is -2.17. The Morgan fingerprint density at radius 2 is 2.00 bits per heavy atom. The molecule has 7 heteroatoms. The summed E-state index contributed by atoms with van der Waals surface area (Å²) in [5.41, 5.74) is 3.59. The lowest BCUT2D eigenvalue weighted by atomic mass is 9.95. The molecule has 29 heavy (non-hydrogen) atoms. The third-order valence-electron chi connectivity index (χ3n) is 5.01. The Morgan fingerprint density at radius 3 is 2.79 bits per heavy atom. The summed E-state index contributed by atoms with van der Waals surface area (Å²) >= 11 is 7.81. The van der Waals surface area contributed by atoms with Gasteiger partial charge in [-0.1, -0.05) is 11.6 Å². The number of fused-ring (bicyclic) bond motifs is 1. The van der Waals surface area contributed by atoms with E-state index in [0.29, 0.717) is 23.0 Å². The van der Waals surface area contributed by atoms with Crippen molar-refractivity contribution in [3.63, 3.8) is 0 Å². The van der Waals surface area contributed by atoms with Gasteiger partial charge in [-0.25, -0.2) is 0 Å². The molecule has 2 heterocycles. The minimum absolute atomic E-state index is 0.137. The molecule has 2 aromatic heterocycles. The van der Waals surface area contributed by atoms with E-state index >= 15 is 0 Å². The normalized spacial score (nSPS) is 12.9. The van der Waals surface area contributed by atoms with Gasteiger partial charge in [-0.3, -0.25) is 9.78 Å². The minimum atomic E-state index is -0.137. The molecule has 2 N–H and O–H groups in total. The van der Waals surface area contributed by atoms with E-state index in [1.807, 2.05) is 12.1 Å². The van der Waals surface area contributed by atoms with Gasteiger partial charge < -0.3 is 15.4 Å². The third-order valence-corrected chi connectivity index (χ3v) is 6.50. The number of aryl methyl sites for hydroxylation is 1. The summed E-state index contributed by atoms with van der Waals surface area (Å²) in [6, 6.07) is 9.14. The van der Waals surface area contributed by atoms with E-state index in [1.165, 1.54) is 11.3 Å². The monoisotopic (exact) mass is 427 g/mol. The lowest BCUT2D eigenvalue weighted by Gasteiger charge is -2.15. The van der Waals surface area contributed by atoms with Crippen molar-refractivity contribution in [3.05, 3.63) is 69.3 Å². The van der Waals surface area contributed by atoms with E-state index in [9.17, 15) is 4.79 Å². The number of rotatable bonds is 6. The number of ether oxygens (including phenoxy) is 1. The highest BCUT2D eigenvalue weighted by Gasteiger charge is 2.26. The van der Waals surface area contributed by atoms with E-state index in [0.717, 1.165) is 41.0 Å². The summed E-state index contributed by atoms with van der Waals surface area (Å²) in [4.78, 5) is 18.7. The summed E-state index contributed by atoms with van der Waals surface area (Å²) in [5.74, 6) is 0.445. The van der Waals surface area contributed by atoms with E-state index in [-0.39, 0.29) is 5.91 Å². The molecule has 4 rings (SSSR count). The number of amides is 1. The molecule has 5 nitrogen and oxygen atoms in total. The van der Waals surface area contributed by atoms with Crippen molar-refractivity contribution < 1.29 is 9.53 Å². The Labute approximate surface area is 179 Å². The van der Waals surface area contributed by atoms with Gasteiger partial charge in [0, 0.05) is 28.8 Å². The number of benzene rings is 1. The van der Waals surface area contributed by atoms with Crippen LogP contribution in [0.4, 0.5) is 10.7 Å². The van der Waals surface area contributed by atoms with Gasteiger partial charge in [0.2, 0.25) is 0 Å². The number of carbonyl (C=O) groups excluding carboxylic acids is 1. The first-order chi connectivity index (χ1) is 14.2. The van der Waals surface area contributed by atoms with Crippen molar-refractivity contribution in [1.29, 1.82) is 0 Å². The average molecular weight is 428 g/mol. The first-order valence-electron chi connectivity index (χ1n) is 9.58. The van der Waals surface area contributed by atoms with Crippen LogP contribution in [0.2, 0.25) is 5.02 Å². The first kappa shape index (κ1) is 19.7. The second-order valence-corrected chi connectivity index (χ2v) is 8.46. The predicted molar refractivity (Wildman–Crippen MR) is 118 cm³/mol. The Kier molecular flexibility index (Phi) is 6.02. The number of nitrogens with zero attached hydrogens (tertiary/aromatic N) is 1. The molecule has 1 aliphatic carbocycles. The molecule has 0 saturated carbocycles. The van der Waals surface area contributed by atoms with Gasteiger partial charge in [-0.2, -0.15) is 0 Å². The number of methoxy groups -OCH3 is 1. The van der Waals surface area contributed by atoms with Crippen LogP contribution in [0.25, 0.3) is 0 Å². The van der Waals surface area contributed by atoms with Crippen LogP contribution in [-0.4, -0.2) is 18.0 Å². The molecular weight excluding hydrogens is 406 g/mol. The Hall–Kier alpha value is -2.57. The standard InChI is InChI=1S/C22H22ClN3O2S/c1-28-18-7-6-15(23)12-17(18)26-21(27)20-16-4-2-3-5-19(16)29-22(20)25-13-14-8-10-24-11-9-14/h6-12,25H,2-5,13H2,1H3,(H,26,27). The van der Waals surface area contributed by atoms with Crippen molar-refractivity contribution in [3.8, 4) is 5.75 Å². The molecular formula is C22H22ClN3O2S. The smallest absolute Gasteiger partial charge is 0.259 e. The summed E-state index contributed by atoms with van der Waals surface area (Å²) in [5, 5.41) is 7.92. The molecule has 1 amide bonds. The van der Waals surface area contributed by atoms with Crippen LogP contribution >= 0.6 is 22.9 Å². The van der Waals surface area contributed by atoms with Crippen molar-refractivity contribution in [2.75, 3.05) is 17.7 Å². The number of hydrogen-bond donors (Lipinski definition) is 2. The van der Waals surface area contributed by atoms with Crippen molar-refractivity contribution >= 4 is 39.5 Å². The van der Waals surface area contributed by atoms with E-state index in [2.05, 4.69) is 15.6 Å². The highest BCUT2D eigenvalue weighted by Crippen LogP contribution is 2.39. The summed E-state index contributed by atoms with van der Waals surface area (Å²) in [6.07, 6.45) is 7.77. The molecule has 0 aliphatic heterocycles. The Morgan fingerprint density at radius 1 is 1.21 bits per heavy atom. The van der Waals surface area contributed by atoms with Gasteiger partial charge in [0.1, 0.15) is 10.8 Å². The second-order valence-electron chi connectivity index (χ2n) is 6.92. The fourth-order valence-corrected chi connectivity index (χ4v) is 5.03. The first-order valence-corrected chi connectivity index (χ1v) is 10.8. The molecule has 3 aromatic rings. The van der Waals surface area contributed by atoms with Gasteiger partial charge in [-0.15, -0.1) is 11.3 Å². The van der Waals surface area contributed by atoms with Gasteiger partial charge >= 0.3 is 0 Å². The quantitative estimate of drug-likeness (QED) is 0.541. The maximum Gasteiger partial charge on any atom is 0.259 e. The van der Waals surface area contributed by atoms with Crippen LogP contribution in [0.5, 0.6) is 5.75 Å². The van der Waals surface area contributed by atoms with Gasteiger partial charge in [0.15, 0.2) is 0 Å². The summed E-state index contributed by atoms with van der Waals surface area (Å²) < 4.78 is 5.37. The molecule has 0 saturated heterocycles. The zero-order valence-corrected chi connectivity index (χ0v) is 17.7. The average Bonchev–Trinajstić information content (AvgIpc) is 3.12. The topological polar surface area (TPSA) is 63.2 Å². The second kappa shape index (κ2) is 8.84. The van der Waals surface area contributed by atoms with Gasteiger partial charge in [0.25, 0.3) is 5.91 Å². The van der Waals surface area contributed by atoms with E-state index in [4.69, 9.17) is 16.3 Å². The molecule has 150 valence electrons. The number of halogens is 1. The molecule has 0 radical (unpaired) electrons. The maximum atomic E-state index is 13.3. The van der Waals surface area contributed by atoms with Gasteiger partial charge in [-0.05, 0) is 67.1 Å². The van der Waals surface area contributed by atoms with Crippen LogP contribution in [0, 0.1) is 0 Å². The van der Waals surface area contributed by atoms with Crippen molar-refractivity contribution in [2.45, 2.75) is 32.2 Å². The van der Waals surface area contributed by atoms with Gasteiger partial charge in [0.05, 0.1) is 18.4 Å².